The normalized spacial score (nSPS) is 10.3. The molecule has 0 unspecified atom stereocenters. The molecule has 2 amide bonds. The van der Waals surface area contributed by atoms with Crippen LogP contribution >= 0.6 is 15.9 Å². The Hall–Kier alpha value is -2.87. The van der Waals surface area contributed by atoms with Crippen LogP contribution in [-0.2, 0) is 6.54 Å². The smallest absolute Gasteiger partial charge is 0.319 e. The number of benzene rings is 2. The molecule has 0 saturated carbocycles. The summed E-state index contributed by atoms with van der Waals surface area (Å²) in [5.74, 6) is 1.35. The maximum absolute atomic E-state index is 12.0. The lowest BCUT2D eigenvalue weighted by Crippen LogP contribution is -2.28. The number of nitrogens with one attached hydrogen (secondary N) is 2. The van der Waals surface area contributed by atoms with Crippen LogP contribution in [-0.4, -0.2) is 23.3 Å². The molecule has 1 heterocycles. The van der Waals surface area contributed by atoms with E-state index in [0.29, 0.717) is 23.2 Å². The Morgan fingerprint density at radius 1 is 1.24 bits per heavy atom. The SMILES string of the molecule is COc1ccccc1NC(=O)NCc1nc(-c2cccc(Br)c2)no1. The van der Waals surface area contributed by atoms with E-state index in [2.05, 4.69) is 36.7 Å². The molecule has 1 aromatic heterocycles. The number of ether oxygens (including phenoxy) is 1. The summed E-state index contributed by atoms with van der Waals surface area (Å²) in [6, 6.07) is 14.3. The van der Waals surface area contributed by atoms with E-state index in [-0.39, 0.29) is 6.54 Å². The Labute approximate surface area is 152 Å². The van der Waals surface area contributed by atoms with E-state index >= 15 is 0 Å². The first-order valence-electron chi connectivity index (χ1n) is 7.42. The average molecular weight is 403 g/mol. The molecular weight excluding hydrogens is 388 g/mol. The van der Waals surface area contributed by atoms with Crippen LogP contribution in [0.4, 0.5) is 10.5 Å². The number of carbonyl (C=O) groups is 1. The maximum Gasteiger partial charge on any atom is 0.319 e. The second-order valence-corrected chi connectivity index (χ2v) is 5.95. The third-order valence-corrected chi connectivity index (χ3v) is 3.80. The fraction of sp³-hybridized carbons (Fsp3) is 0.118. The molecule has 8 heteroatoms. The van der Waals surface area contributed by atoms with E-state index in [4.69, 9.17) is 9.26 Å². The van der Waals surface area contributed by atoms with Gasteiger partial charge in [0.25, 0.3) is 0 Å². The van der Waals surface area contributed by atoms with Crippen LogP contribution in [0.15, 0.2) is 57.5 Å². The largest absolute Gasteiger partial charge is 0.495 e. The first-order chi connectivity index (χ1) is 12.2. The minimum Gasteiger partial charge on any atom is -0.495 e. The molecule has 0 aliphatic rings. The minimum atomic E-state index is -0.397. The molecule has 0 saturated heterocycles. The van der Waals surface area contributed by atoms with Gasteiger partial charge in [-0.15, -0.1) is 0 Å². The Balaban J connectivity index is 1.59. The first kappa shape index (κ1) is 17.0. The molecule has 0 aliphatic heterocycles. The molecule has 128 valence electrons. The molecule has 0 fully saturated rings. The van der Waals surface area contributed by atoms with Crippen LogP contribution in [0.2, 0.25) is 0 Å². The average Bonchev–Trinajstić information content (AvgIpc) is 3.09. The number of carbonyl (C=O) groups excluding carboxylic acids is 1. The first-order valence-corrected chi connectivity index (χ1v) is 8.21. The van der Waals surface area contributed by atoms with Crippen molar-refractivity contribution in [2.45, 2.75) is 6.54 Å². The van der Waals surface area contributed by atoms with E-state index in [9.17, 15) is 4.79 Å². The highest BCUT2D eigenvalue weighted by molar-refractivity contribution is 9.10. The molecule has 3 rings (SSSR count). The van der Waals surface area contributed by atoms with Crippen molar-refractivity contribution in [1.82, 2.24) is 15.5 Å². The number of nitrogens with zero attached hydrogens (tertiary/aromatic N) is 2. The van der Waals surface area contributed by atoms with Crippen molar-refractivity contribution in [2.75, 3.05) is 12.4 Å². The molecule has 2 N–H and O–H groups in total. The number of hydrogen-bond acceptors (Lipinski definition) is 5. The van der Waals surface area contributed by atoms with Crippen LogP contribution in [0.3, 0.4) is 0 Å². The highest BCUT2D eigenvalue weighted by atomic mass is 79.9. The number of halogens is 1. The van der Waals surface area contributed by atoms with Crippen molar-refractivity contribution in [1.29, 1.82) is 0 Å². The summed E-state index contributed by atoms with van der Waals surface area (Å²) in [6.07, 6.45) is 0. The summed E-state index contributed by atoms with van der Waals surface area (Å²) in [5.41, 5.74) is 1.39. The van der Waals surface area contributed by atoms with Gasteiger partial charge in [0.15, 0.2) is 0 Å². The summed E-state index contributed by atoms with van der Waals surface area (Å²) < 4.78 is 11.3. The van der Waals surface area contributed by atoms with Gasteiger partial charge in [-0.25, -0.2) is 4.79 Å². The second-order valence-electron chi connectivity index (χ2n) is 5.03. The Morgan fingerprint density at radius 3 is 2.88 bits per heavy atom. The minimum absolute atomic E-state index is 0.113. The molecule has 2 aromatic carbocycles. The Morgan fingerprint density at radius 2 is 2.08 bits per heavy atom. The van der Waals surface area contributed by atoms with Crippen LogP contribution in [0.1, 0.15) is 5.89 Å². The van der Waals surface area contributed by atoms with Crippen molar-refractivity contribution < 1.29 is 14.1 Å². The molecule has 0 atom stereocenters. The van der Waals surface area contributed by atoms with Crippen molar-refractivity contribution in [3.05, 3.63) is 58.9 Å². The quantitative estimate of drug-likeness (QED) is 0.676. The summed E-state index contributed by atoms with van der Waals surface area (Å²) in [6.45, 7) is 0.113. The summed E-state index contributed by atoms with van der Waals surface area (Å²) >= 11 is 3.40. The number of hydrogen-bond donors (Lipinski definition) is 2. The molecule has 7 nitrogen and oxygen atoms in total. The van der Waals surface area contributed by atoms with Gasteiger partial charge in [-0.3, -0.25) is 0 Å². The number of rotatable bonds is 5. The molecule has 0 bridgehead atoms. The number of urea groups is 1. The van der Waals surface area contributed by atoms with Crippen molar-refractivity contribution in [3.8, 4) is 17.1 Å². The summed E-state index contributed by atoms with van der Waals surface area (Å²) in [5, 5.41) is 9.29. The number of anilines is 1. The highest BCUT2D eigenvalue weighted by Gasteiger charge is 2.11. The van der Waals surface area contributed by atoms with Crippen molar-refractivity contribution in [3.63, 3.8) is 0 Å². The predicted molar refractivity (Wildman–Crippen MR) is 96.3 cm³/mol. The standard InChI is InChI=1S/C17H15BrN4O3/c1-24-14-8-3-2-7-13(14)20-17(23)19-10-15-21-16(22-25-15)11-5-4-6-12(18)9-11/h2-9H,10H2,1H3,(H2,19,20,23). The van der Waals surface area contributed by atoms with Gasteiger partial charge >= 0.3 is 6.03 Å². The Kier molecular flexibility index (Phi) is 5.30. The zero-order valence-electron chi connectivity index (χ0n) is 13.3. The van der Waals surface area contributed by atoms with Crippen LogP contribution < -0.4 is 15.4 Å². The van der Waals surface area contributed by atoms with E-state index < -0.39 is 6.03 Å². The third kappa shape index (κ3) is 4.36. The number of aromatic nitrogens is 2. The topological polar surface area (TPSA) is 89.3 Å². The van der Waals surface area contributed by atoms with Crippen molar-refractivity contribution >= 4 is 27.6 Å². The molecule has 0 aliphatic carbocycles. The van der Waals surface area contributed by atoms with Gasteiger partial charge in [-0.1, -0.05) is 45.4 Å². The van der Waals surface area contributed by atoms with Gasteiger partial charge in [0.2, 0.25) is 11.7 Å². The van der Waals surface area contributed by atoms with Gasteiger partial charge in [0.05, 0.1) is 19.3 Å². The predicted octanol–water partition coefficient (Wildman–Crippen LogP) is 3.83. The van der Waals surface area contributed by atoms with Crippen molar-refractivity contribution in [2.24, 2.45) is 0 Å². The third-order valence-electron chi connectivity index (χ3n) is 3.31. The van der Waals surface area contributed by atoms with Gasteiger partial charge in [-0.2, -0.15) is 4.98 Å². The summed E-state index contributed by atoms with van der Waals surface area (Å²) in [7, 11) is 1.54. The lowest BCUT2D eigenvalue weighted by Gasteiger charge is -2.09. The maximum atomic E-state index is 12.0. The second kappa shape index (κ2) is 7.80. The molecule has 3 aromatic rings. The van der Waals surface area contributed by atoms with E-state index in [1.54, 1.807) is 25.3 Å². The highest BCUT2D eigenvalue weighted by Crippen LogP contribution is 2.23. The van der Waals surface area contributed by atoms with Gasteiger partial charge in [0.1, 0.15) is 5.75 Å². The Bertz CT molecular complexity index is 882. The number of para-hydroxylation sites is 2. The van der Waals surface area contributed by atoms with Gasteiger partial charge < -0.3 is 19.9 Å². The van der Waals surface area contributed by atoms with E-state index in [0.717, 1.165) is 10.0 Å². The van der Waals surface area contributed by atoms with E-state index in [1.807, 2.05) is 30.3 Å². The number of amides is 2. The molecule has 0 spiro atoms. The fourth-order valence-corrected chi connectivity index (χ4v) is 2.54. The molecular formula is C17H15BrN4O3. The van der Waals surface area contributed by atoms with Crippen LogP contribution in [0.25, 0.3) is 11.4 Å². The molecule has 0 radical (unpaired) electrons. The fourth-order valence-electron chi connectivity index (χ4n) is 2.14. The lowest BCUT2D eigenvalue weighted by atomic mass is 10.2. The van der Waals surface area contributed by atoms with Gasteiger partial charge in [0, 0.05) is 10.0 Å². The number of methoxy groups -OCH3 is 1. The lowest BCUT2D eigenvalue weighted by molar-refractivity contribution is 0.249. The van der Waals surface area contributed by atoms with Crippen LogP contribution in [0.5, 0.6) is 5.75 Å². The van der Waals surface area contributed by atoms with Crippen LogP contribution in [0, 0.1) is 0 Å². The summed E-state index contributed by atoms with van der Waals surface area (Å²) in [4.78, 5) is 16.3. The monoisotopic (exact) mass is 402 g/mol. The molecule has 25 heavy (non-hydrogen) atoms. The van der Waals surface area contributed by atoms with Gasteiger partial charge in [-0.05, 0) is 24.3 Å². The van der Waals surface area contributed by atoms with E-state index in [1.165, 1.54) is 0 Å². The zero-order chi connectivity index (χ0) is 17.6. The zero-order valence-corrected chi connectivity index (χ0v) is 14.9.